The van der Waals surface area contributed by atoms with Gasteiger partial charge in [0.1, 0.15) is 0 Å². The molecule has 0 aliphatic carbocycles. The number of hydrogen-bond acceptors (Lipinski definition) is 5. The molecule has 100 valence electrons. The van der Waals surface area contributed by atoms with Crippen LogP contribution in [0.3, 0.4) is 0 Å². The molecule has 2 aromatic heterocycles. The number of carbonyl (C=O) groups is 1. The summed E-state index contributed by atoms with van der Waals surface area (Å²) in [6, 6.07) is 10.9. The number of aromatic nitrogens is 2. The number of carbonyl (C=O) groups excluding carboxylic acids is 1. The zero-order chi connectivity index (χ0) is 13.9. The number of nitrogens with one attached hydrogen (secondary N) is 1. The number of furan rings is 1. The molecule has 0 aliphatic rings. The predicted molar refractivity (Wildman–Crippen MR) is 71.1 cm³/mol. The van der Waals surface area contributed by atoms with E-state index in [1.54, 1.807) is 12.1 Å². The van der Waals surface area contributed by atoms with E-state index < -0.39 is 5.91 Å². The third-order valence-electron chi connectivity index (χ3n) is 2.66. The molecule has 20 heavy (non-hydrogen) atoms. The fraction of sp³-hybridized carbons (Fsp3) is 0.0714. The zero-order valence-electron chi connectivity index (χ0n) is 10.7. The summed E-state index contributed by atoms with van der Waals surface area (Å²) in [6.07, 6.45) is 1.42. The van der Waals surface area contributed by atoms with E-state index in [1.807, 2.05) is 31.2 Å². The molecule has 3 aromatic rings. The van der Waals surface area contributed by atoms with E-state index in [0.717, 1.165) is 11.1 Å². The van der Waals surface area contributed by atoms with Crippen LogP contribution in [0.5, 0.6) is 0 Å². The highest BCUT2D eigenvalue weighted by Crippen LogP contribution is 2.20. The standard InChI is InChI=1S/C14H11N3O3/c1-9-4-2-5-10(8-9)13-16-17-14(20-13)15-12(18)11-6-3-7-19-11/h2-8H,1H3,(H,15,17,18). The topological polar surface area (TPSA) is 81.2 Å². The van der Waals surface area contributed by atoms with Gasteiger partial charge in [-0.1, -0.05) is 22.8 Å². The number of benzene rings is 1. The fourth-order valence-corrected chi connectivity index (χ4v) is 1.73. The van der Waals surface area contributed by atoms with Crippen molar-refractivity contribution < 1.29 is 13.6 Å². The Balaban J connectivity index is 1.79. The van der Waals surface area contributed by atoms with Gasteiger partial charge in [-0.15, -0.1) is 5.10 Å². The Morgan fingerprint density at radius 3 is 2.85 bits per heavy atom. The lowest BCUT2D eigenvalue weighted by Crippen LogP contribution is -2.10. The van der Waals surface area contributed by atoms with Crippen LogP contribution in [0, 0.1) is 6.92 Å². The summed E-state index contributed by atoms with van der Waals surface area (Å²) in [4.78, 5) is 11.7. The smallest absolute Gasteiger partial charge is 0.322 e. The van der Waals surface area contributed by atoms with Gasteiger partial charge >= 0.3 is 6.01 Å². The summed E-state index contributed by atoms with van der Waals surface area (Å²) in [5.74, 6) is 0.0955. The maximum absolute atomic E-state index is 11.7. The Kier molecular flexibility index (Phi) is 3.04. The highest BCUT2D eigenvalue weighted by molar-refractivity contribution is 6.00. The number of amides is 1. The molecule has 0 unspecified atom stereocenters. The number of anilines is 1. The Bertz CT molecular complexity index is 732. The molecule has 0 atom stereocenters. The minimum absolute atomic E-state index is 0.0305. The lowest BCUT2D eigenvalue weighted by molar-refractivity contribution is 0.0994. The number of nitrogens with zero attached hydrogens (tertiary/aromatic N) is 2. The average Bonchev–Trinajstić information content (AvgIpc) is 3.10. The summed E-state index contributed by atoms with van der Waals surface area (Å²) in [6.45, 7) is 1.97. The monoisotopic (exact) mass is 269 g/mol. The largest absolute Gasteiger partial charge is 0.459 e. The van der Waals surface area contributed by atoms with E-state index in [2.05, 4.69) is 15.5 Å². The highest BCUT2D eigenvalue weighted by atomic mass is 16.4. The van der Waals surface area contributed by atoms with Gasteiger partial charge in [-0.05, 0) is 31.2 Å². The quantitative estimate of drug-likeness (QED) is 0.790. The predicted octanol–water partition coefficient (Wildman–Crippen LogP) is 2.89. The highest BCUT2D eigenvalue weighted by Gasteiger charge is 2.14. The van der Waals surface area contributed by atoms with Gasteiger partial charge in [0.05, 0.1) is 6.26 Å². The normalized spacial score (nSPS) is 10.4. The lowest BCUT2D eigenvalue weighted by Gasteiger charge is -1.97. The van der Waals surface area contributed by atoms with Gasteiger partial charge in [-0.25, -0.2) is 0 Å². The van der Waals surface area contributed by atoms with E-state index in [0.29, 0.717) is 5.89 Å². The van der Waals surface area contributed by atoms with Gasteiger partial charge in [0.2, 0.25) is 5.89 Å². The molecule has 3 rings (SSSR count). The second kappa shape index (κ2) is 5.00. The fourth-order valence-electron chi connectivity index (χ4n) is 1.73. The maximum Gasteiger partial charge on any atom is 0.322 e. The van der Waals surface area contributed by atoms with E-state index in [-0.39, 0.29) is 11.8 Å². The number of hydrogen-bond donors (Lipinski definition) is 1. The molecule has 1 aromatic carbocycles. The first-order valence-corrected chi connectivity index (χ1v) is 5.98. The summed E-state index contributed by atoms with van der Waals surface area (Å²) < 4.78 is 10.4. The van der Waals surface area contributed by atoms with Gasteiger partial charge in [-0.3, -0.25) is 10.1 Å². The third-order valence-corrected chi connectivity index (χ3v) is 2.66. The van der Waals surface area contributed by atoms with Crippen LogP contribution in [0.4, 0.5) is 6.01 Å². The first kappa shape index (κ1) is 12.2. The Labute approximate surface area is 114 Å². The summed E-state index contributed by atoms with van der Waals surface area (Å²) >= 11 is 0. The van der Waals surface area contributed by atoms with Gasteiger partial charge < -0.3 is 8.83 Å². The third kappa shape index (κ3) is 2.44. The molecule has 0 bridgehead atoms. The van der Waals surface area contributed by atoms with Crippen LogP contribution in [-0.4, -0.2) is 16.1 Å². The summed E-state index contributed by atoms with van der Waals surface area (Å²) in [5, 5.41) is 10.2. The van der Waals surface area contributed by atoms with Crippen LogP contribution in [0.1, 0.15) is 16.1 Å². The van der Waals surface area contributed by atoms with Gasteiger partial charge in [0, 0.05) is 5.56 Å². The van der Waals surface area contributed by atoms with Crippen molar-refractivity contribution in [2.24, 2.45) is 0 Å². The SMILES string of the molecule is Cc1cccc(-c2nnc(NC(=O)c3ccco3)o2)c1. The molecular formula is C14H11N3O3. The zero-order valence-corrected chi connectivity index (χ0v) is 10.7. The molecule has 6 nitrogen and oxygen atoms in total. The van der Waals surface area contributed by atoms with Gasteiger partial charge in [0.15, 0.2) is 5.76 Å². The van der Waals surface area contributed by atoms with Crippen molar-refractivity contribution in [2.75, 3.05) is 5.32 Å². The van der Waals surface area contributed by atoms with Crippen molar-refractivity contribution >= 4 is 11.9 Å². The number of rotatable bonds is 3. The Morgan fingerprint density at radius 1 is 1.20 bits per heavy atom. The lowest BCUT2D eigenvalue weighted by atomic mass is 10.1. The molecule has 0 aliphatic heterocycles. The van der Waals surface area contributed by atoms with E-state index in [9.17, 15) is 4.79 Å². The second-order valence-electron chi connectivity index (χ2n) is 4.21. The average molecular weight is 269 g/mol. The molecular weight excluding hydrogens is 258 g/mol. The molecule has 2 heterocycles. The molecule has 0 fully saturated rings. The number of aryl methyl sites for hydroxylation is 1. The first-order chi connectivity index (χ1) is 9.72. The van der Waals surface area contributed by atoms with Crippen molar-refractivity contribution in [3.8, 4) is 11.5 Å². The van der Waals surface area contributed by atoms with Crippen molar-refractivity contribution in [3.05, 3.63) is 54.0 Å². The molecule has 0 saturated heterocycles. The molecule has 0 radical (unpaired) electrons. The van der Waals surface area contributed by atoms with Crippen molar-refractivity contribution in [1.82, 2.24) is 10.2 Å². The van der Waals surface area contributed by atoms with Crippen LogP contribution in [0.2, 0.25) is 0 Å². The summed E-state index contributed by atoms with van der Waals surface area (Å²) in [5.41, 5.74) is 1.89. The molecule has 0 saturated carbocycles. The Hall–Kier alpha value is -2.89. The molecule has 1 amide bonds. The summed E-state index contributed by atoms with van der Waals surface area (Å²) in [7, 11) is 0. The molecule has 1 N–H and O–H groups in total. The molecule has 0 spiro atoms. The van der Waals surface area contributed by atoms with E-state index >= 15 is 0 Å². The van der Waals surface area contributed by atoms with Crippen LogP contribution < -0.4 is 5.32 Å². The van der Waals surface area contributed by atoms with Crippen LogP contribution >= 0.6 is 0 Å². The molecule has 6 heteroatoms. The van der Waals surface area contributed by atoms with Crippen LogP contribution in [0.25, 0.3) is 11.5 Å². The van der Waals surface area contributed by atoms with Crippen molar-refractivity contribution in [3.63, 3.8) is 0 Å². The van der Waals surface area contributed by atoms with Gasteiger partial charge in [0.25, 0.3) is 5.91 Å². The second-order valence-corrected chi connectivity index (χ2v) is 4.21. The van der Waals surface area contributed by atoms with Gasteiger partial charge in [-0.2, -0.15) is 0 Å². The van der Waals surface area contributed by atoms with Crippen molar-refractivity contribution in [2.45, 2.75) is 6.92 Å². The minimum atomic E-state index is -0.436. The minimum Gasteiger partial charge on any atom is -0.459 e. The first-order valence-electron chi connectivity index (χ1n) is 5.98. The van der Waals surface area contributed by atoms with Crippen LogP contribution in [0.15, 0.2) is 51.5 Å². The van der Waals surface area contributed by atoms with Crippen molar-refractivity contribution in [1.29, 1.82) is 0 Å². The maximum atomic E-state index is 11.7. The van der Waals surface area contributed by atoms with E-state index in [4.69, 9.17) is 8.83 Å². The van der Waals surface area contributed by atoms with E-state index in [1.165, 1.54) is 6.26 Å². The Morgan fingerprint density at radius 2 is 2.10 bits per heavy atom. The van der Waals surface area contributed by atoms with Crippen LogP contribution in [-0.2, 0) is 0 Å².